The highest BCUT2D eigenvalue weighted by Gasteiger charge is 2.31. The van der Waals surface area contributed by atoms with Gasteiger partial charge in [-0.05, 0) is 62.4 Å². The van der Waals surface area contributed by atoms with Gasteiger partial charge in [-0.25, -0.2) is 13.2 Å². The van der Waals surface area contributed by atoms with E-state index < -0.39 is 38.7 Å². The molecule has 0 heterocycles. The van der Waals surface area contributed by atoms with Gasteiger partial charge in [-0.3, -0.25) is 14.3 Å². The Morgan fingerprint density at radius 1 is 0.872 bits per heavy atom. The lowest BCUT2D eigenvalue weighted by Crippen LogP contribution is -2.46. The second-order valence-electron chi connectivity index (χ2n) is 9.54. The Balaban J connectivity index is 1.26. The maximum absolute atomic E-state index is 12.7. The van der Waals surface area contributed by atoms with E-state index in [4.69, 9.17) is 0 Å². The number of anilines is 2. The molecule has 13 heteroatoms. The van der Waals surface area contributed by atoms with E-state index in [9.17, 15) is 36.0 Å². The summed E-state index contributed by atoms with van der Waals surface area (Å²) in [6, 6.07) is 9.75. The minimum absolute atomic E-state index is 0.0321. The molecule has 2 amide bonds. The molecule has 0 aromatic heterocycles. The molecule has 1 aliphatic rings. The highest BCUT2D eigenvalue weighted by atomic mass is 32.2. The molecule has 1 saturated carbocycles. The zero-order valence-corrected chi connectivity index (χ0v) is 21.7. The average Bonchev–Trinajstić information content (AvgIpc) is 2.90. The van der Waals surface area contributed by atoms with E-state index in [0.717, 1.165) is 17.7 Å². The summed E-state index contributed by atoms with van der Waals surface area (Å²) >= 11 is 0. The van der Waals surface area contributed by atoms with Crippen LogP contribution in [0.2, 0.25) is 0 Å². The first kappa shape index (κ1) is 28.1. The van der Waals surface area contributed by atoms with Crippen molar-refractivity contribution in [2.24, 2.45) is 0 Å². The second kappa shape index (κ2) is 11.1. The van der Waals surface area contributed by atoms with Crippen LogP contribution in [-0.4, -0.2) is 26.5 Å². The van der Waals surface area contributed by atoms with Gasteiger partial charge in [0, 0.05) is 18.6 Å². The number of halogens is 3. The van der Waals surface area contributed by atoms with E-state index in [1.807, 2.05) is 6.92 Å². The van der Waals surface area contributed by atoms with Gasteiger partial charge in [-0.2, -0.15) is 13.2 Å². The van der Waals surface area contributed by atoms with Crippen LogP contribution in [0.1, 0.15) is 42.4 Å². The van der Waals surface area contributed by atoms with Gasteiger partial charge >= 0.3 is 12.2 Å². The Labute approximate surface area is 222 Å². The quantitative estimate of drug-likeness (QED) is 0.309. The van der Waals surface area contributed by atoms with Crippen LogP contribution in [0.3, 0.4) is 0 Å². The van der Waals surface area contributed by atoms with Crippen molar-refractivity contribution in [3.8, 4) is 0 Å². The minimum atomic E-state index is -4.42. The fraction of sp³-hybridized carbons (Fsp3) is 0.346. The van der Waals surface area contributed by atoms with Gasteiger partial charge < -0.3 is 16.0 Å². The van der Waals surface area contributed by atoms with Crippen LogP contribution in [0.15, 0.2) is 63.0 Å². The number of benzene rings is 2. The molecule has 0 bridgehead atoms. The Kier molecular flexibility index (Phi) is 8.00. The lowest BCUT2D eigenvalue weighted by molar-refractivity contribution is -0.137. The van der Waals surface area contributed by atoms with Crippen LogP contribution < -0.4 is 31.5 Å². The van der Waals surface area contributed by atoms with Crippen LogP contribution in [0.25, 0.3) is 0 Å². The first-order chi connectivity index (χ1) is 18.3. The van der Waals surface area contributed by atoms with Gasteiger partial charge in [0.15, 0.2) is 0 Å². The molecule has 0 atom stereocenters. The van der Waals surface area contributed by atoms with Crippen LogP contribution in [0.5, 0.6) is 0 Å². The first-order valence-corrected chi connectivity index (χ1v) is 13.7. The molecular formula is C26H27F3N4O5S. The number of aryl methyl sites for hydroxylation is 1. The summed E-state index contributed by atoms with van der Waals surface area (Å²) in [4.78, 5) is 36.5. The maximum atomic E-state index is 12.7. The average molecular weight is 565 g/mol. The van der Waals surface area contributed by atoms with Crippen LogP contribution in [-0.2, 0) is 22.7 Å². The molecule has 9 nitrogen and oxygen atoms in total. The number of amides is 2. The lowest BCUT2D eigenvalue weighted by Gasteiger charge is -2.31. The summed E-state index contributed by atoms with van der Waals surface area (Å²) < 4.78 is 65.5. The lowest BCUT2D eigenvalue weighted by atomic mass is 9.91. The Hall–Kier alpha value is -3.87. The van der Waals surface area contributed by atoms with E-state index in [-0.39, 0.29) is 34.9 Å². The van der Waals surface area contributed by atoms with E-state index in [1.165, 1.54) is 24.3 Å². The van der Waals surface area contributed by atoms with Gasteiger partial charge in [0.1, 0.15) is 11.4 Å². The minimum Gasteiger partial charge on any atom is -0.377 e. The summed E-state index contributed by atoms with van der Waals surface area (Å²) in [6.45, 7) is 1.87. The number of hydrogen-bond acceptors (Lipinski definition) is 6. The molecule has 1 fully saturated rings. The predicted octanol–water partition coefficient (Wildman–Crippen LogP) is 3.63. The van der Waals surface area contributed by atoms with E-state index in [1.54, 1.807) is 12.1 Å². The molecule has 4 rings (SSSR count). The highest BCUT2D eigenvalue weighted by molar-refractivity contribution is 7.92. The first-order valence-electron chi connectivity index (χ1n) is 12.2. The van der Waals surface area contributed by atoms with Gasteiger partial charge in [-0.15, -0.1) is 0 Å². The molecule has 0 saturated heterocycles. The maximum Gasteiger partial charge on any atom is 0.416 e. The van der Waals surface area contributed by atoms with Crippen molar-refractivity contribution >= 4 is 27.4 Å². The molecule has 3 aromatic carbocycles. The third kappa shape index (κ3) is 6.77. The molecule has 0 unspecified atom stereocenters. The zero-order valence-electron chi connectivity index (χ0n) is 20.9. The second-order valence-corrected chi connectivity index (χ2v) is 11.2. The van der Waals surface area contributed by atoms with Crippen LogP contribution in [0, 0.1) is 6.92 Å². The molecule has 0 spiro atoms. The SMILES string of the molecule is Cc1ccc(S(=O)(=O)Nc2c(NC3CCC(NC(=O)NCc4ccc(C(F)(F)F)cc4)CC3)c(=O)c2=O)cc1. The van der Waals surface area contributed by atoms with E-state index in [2.05, 4.69) is 20.7 Å². The number of nitrogens with one attached hydrogen (secondary N) is 4. The molecule has 0 aliphatic heterocycles. The number of urea groups is 1. The van der Waals surface area contributed by atoms with Crippen LogP contribution >= 0.6 is 0 Å². The Morgan fingerprint density at radius 3 is 2.03 bits per heavy atom. The molecule has 39 heavy (non-hydrogen) atoms. The number of hydrogen-bond donors (Lipinski definition) is 4. The van der Waals surface area contributed by atoms with Gasteiger partial charge in [-0.1, -0.05) is 29.8 Å². The van der Waals surface area contributed by atoms with Crippen molar-refractivity contribution in [1.82, 2.24) is 10.6 Å². The Morgan fingerprint density at radius 2 is 1.44 bits per heavy atom. The standard InChI is InChI=1S/C26H27F3N4O5S/c1-15-2-12-20(13-3-15)39(37,38)33-22-21(23(34)24(22)35)31-18-8-10-19(11-9-18)32-25(36)30-14-16-4-6-17(7-5-16)26(27,28)29/h2-7,12-13,18-19,31,33H,8-11,14H2,1H3,(H2,30,32,36). The number of carbonyl (C=O) groups is 1. The molecule has 208 valence electrons. The predicted molar refractivity (Wildman–Crippen MR) is 140 cm³/mol. The number of rotatable bonds is 8. The monoisotopic (exact) mass is 564 g/mol. The third-order valence-corrected chi connectivity index (χ3v) is 7.99. The molecule has 3 aromatic rings. The summed E-state index contributed by atoms with van der Waals surface area (Å²) in [5, 5.41) is 8.42. The summed E-state index contributed by atoms with van der Waals surface area (Å²) in [5.74, 6) is 0. The Bertz CT molecular complexity index is 1510. The molecular weight excluding hydrogens is 537 g/mol. The number of carbonyl (C=O) groups excluding carboxylic acids is 1. The van der Waals surface area contributed by atoms with Crippen molar-refractivity contribution in [1.29, 1.82) is 0 Å². The van der Waals surface area contributed by atoms with Crippen molar-refractivity contribution in [2.45, 2.75) is 62.3 Å². The molecule has 4 N–H and O–H groups in total. The van der Waals surface area contributed by atoms with Crippen molar-refractivity contribution in [2.75, 3.05) is 10.0 Å². The fourth-order valence-electron chi connectivity index (χ4n) is 4.35. The van der Waals surface area contributed by atoms with Gasteiger partial charge in [0.05, 0.1) is 10.5 Å². The largest absolute Gasteiger partial charge is 0.416 e. The van der Waals surface area contributed by atoms with Gasteiger partial charge in [0.2, 0.25) is 0 Å². The zero-order chi connectivity index (χ0) is 28.4. The van der Waals surface area contributed by atoms with E-state index in [0.29, 0.717) is 31.2 Å². The molecule has 1 aliphatic carbocycles. The molecule has 0 radical (unpaired) electrons. The fourth-order valence-corrected chi connectivity index (χ4v) is 5.43. The van der Waals surface area contributed by atoms with Crippen LogP contribution in [0.4, 0.5) is 29.3 Å². The summed E-state index contributed by atoms with van der Waals surface area (Å²) in [5.41, 5.74) is -1.43. The van der Waals surface area contributed by atoms with Crippen molar-refractivity contribution < 1.29 is 26.4 Å². The third-order valence-electron chi connectivity index (χ3n) is 6.62. The van der Waals surface area contributed by atoms with Crippen molar-refractivity contribution in [3.63, 3.8) is 0 Å². The van der Waals surface area contributed by atoms with E-state index >= 15 is 0 Å². The summed E-state index contributed by atoms with van der Waals surface area (Å²) in [7, 11) is -4.05. The van der Waals surface area contributed by atoms with Crippen molar-refractivity contribution in [3.05, 3.63) is 85.7 Å². The summed E-state index contributed by atoms with van der Waals surface area (Å²) in [6.07, 6.45) is -2.21. The number of alkyl halides is 3. The van der Waals surface area contributed by atoms with Gasteiger partial charge in [0.25, 0.3) is 20.9 Å². The number of sulfonamides is 1. The highest BCUT2D eigenvalue weighted by Crippen LogP contribution is 2.29. The normalized spacial score (nSPS) is 17.9. The topological polar surface area (TPSA) is 133 Å². The smallest absolute Gasteiger partial charge is 0.377 e.